The number of hydrogen-bond donors (Lipinski definition) is 2. The first kappa shape index (κ1) is 15.2. The highest BCUT2D eigenvalue weighted by atomic mass is 79.9. The van der Waals surface area contributed by atoms with Gasteiger partial charge in [-0.2, -0.15) is 0 Å². The number of carbonyl (C=O) groups excluding carboxylic acids is 1. The van der Waals surface area contributed by atoms with E-state index in [1.165, 1.54) is 0 Å². The first-order valence-corrected chi connectivity index (χ1v) is 7.14. The average Bonchev–Trinajstić information content (AvgIpc) is 2.94. The highest BCUT2D eigenvalue weighted by Gasteiger charge is 2.35. The van der Waals surface area contributed by atoms with Gasteiger partial charge in [-0.25, -0.2) is 4.98 Å². The highest BCUT2D eigenvalue weighted by molar-refractivity contribution is 9.10. The van der Waals surface area contributed by atoms with Gasteiger partial charge in [0, 0.05) is 44.4 Å². The first-order chi connectivity index (χ1) is 9.60. The average molecular weight is 344 g/mol. The first-order valence-electron chi connectivity index (χ1n) is 6.34. The van der Waals surface area contributed by atoms with E-state index in [9.17, 15) is 4.79 Å². The Bertz CT molecular complexity index is 490. The molecule has 2 N–H and O–H groups in total. The minimum atomic E-state index is -0.422. The molecule has 1 aliphatic rings. The Morgan fingerprint density at radius 3 is 3.05 bits per heavy atom. The summed E-state index contributed by atoms with van der Waals surface area (Å²) in [6.07, 6.45) is 2.42. The number of halogens is 1. The van der Waals surface area contributed by atoms with E-state index in [0.717, 1.165) is 10.9 Å². The van der Waals surface area contributed by atoms with Gasteiger partial charge >= 0.3 is 0 Å². The van der Waals surface area contributed by atoms with Gasteiger partial charge in [0.05, 0.1) is 12.2 Å². The van der Waals surface area contributed by atoms with Crippen molar-refractivity contribution in [1.82, 2.24) is 10.3 Å². The number of methoxy groups -OCH3 is 1. The third-order valence-electron chi connectivity index (χ3n) is 3.41. The molecule has 2 heterocycles. The standard InChI is InChI=1S/C13H18BrN3O3/c1-15-11-10(5-9(14)6-16-11)12(18)17-7-13(19-2)3-4-20-8-13/h5-6H,3-4,7-8H2,1-2H3,(H,15,16)(H,17,18). The van der Waals surface area contributed by atoms with Gasteiger partial charge in [-0.1, -0.05) is 0 Å². The number of anilines is 1. The molecule has 20 heavy (non-hydrogen) atoms. The molecule has 1 aromatic heterocycles. The molecule has 2 rings (SSSR count). The molecule has 0 spiro atoms. The minimum absolute atomic E-state index is 0.188. The lowest BCUT2D eigenvalue weighted by molar-refractivity contribution is -0.0148. The zero-order valence-electron chi connectivity index (χ0n) is 11.5. The summed E-state index contributed by atoms with van der Waals surface area (Å²) in [4.78, 5) is 16.4. The van der Waals surface area contributed by atoms with Crippen LogP contribution in [0.5, 0.6) is 0 Å². The Kier molecular flexibility index (Phi) is 4.95. The van der Waals surface area contributed by atoms with Gasteiger partial charge in [-0.15, -0.1) is 0 Å². The summed E-state index contributed by atoms with van der Waals surface area (Å²) in [5, 5.41) is 5.80. The maximum atomic E-state index is 12.3. The van der Waals surface area contributed by atoms with Crippen molar-refractivity contribution in [2.75, 3.05) is 39.2 Å². The van der Waals surface area contributed by atoms with Crippen LogP contribution < -0.4 is 10.6 Å². The maximum absolute atomic E-state index is 12.3. The van der Waals surface area contributed by atoms with Crippen LogP contribution in [0.25, 0.3) is 0 Å². The third-order valence-corrected chi connectivity index (χ3v) is 3.84. The van der Waals surface area contributed by atoms with E-state index >= 15 is 0 Å². The van der Waals surface area contributed by atoms with Crippen LogP contribution in [0.1, 0.15) is 16.8 Å². The molecule has 1 saturated heterocycles. The van der Waals surface area contributed by atoms with Gasteiger partial charge in [0.2, 0.25) is 0 Å². The lowest BCUT2D eigenvalue weighted by Crippen LogP contribution is -2.45. The molecule has 0 radical (unpaired) electrons. The van der Waals surface area contributed by atoms with Crippen LogP contribution >= 0.6 is 15.9 Å². The quantitative estimate of drug-likeness (QED) is 0.845. The lowest BCUT2D eigenvalue weighted by Gasteiger charge is -2.26. The monoisotopic (exact) mass is 343 g/mol. The lowest BCUT2D eigenvalue weighted by atomic mass is 10.0. The highest BCUT2D eigenvalue weighted by Crippen LogP contribution is 2.22. The van der Waals surface area contributed by atoms with E-state index < -0.39 is 5.60 Å². The van der Waals surface area contributed by atoms with Gasteiger partial charge in [-0.05, 0) is 22.0 Å². The van der Waals surface area contributed by atoms with Crippen molar-refractivity contribution >= 4 is 27.7 Å². The second-order valence-electron chi connectivity index (χ2n) is 4.67. The fourth-order valence-corrected chi connectivity index (χ4v) is 2.44. The van der Waals surface area contributed by atoms with E-state index in [2.05, 4.69) is 31.5 Å². The smallest absolute Gasteiger partial charge is 0.255 e. The van der Waals surface area contributed by atoms with Gasteiger partial charge < -0.3 is 20.1 Å². The molecule has 1 unspecified atom stereocenters. The summed E-state index contributed by atoms with van der Waals surface area (Å²) < 4.78 is 11.6. The Morgan fingerprint density at radius 2 is 2.45 bits per heavy atom. The number of carbonyl (C=O) groups is 1. The zero-order chi connectivity index (χ0) is 14.6. The van der Waals surface area contributed by atoms with Crippen LogP contribution in [-0.4, -0.2) is 50.4 Å². The van der Waals surface area contributed by atoms with E-state index in [1.54, 1.807) is 26.4 Å². The molecule has 0 aromatic carbocycles. The summed E-state index contributed by atoms with van der Waals surface area (Å²) in [6, 6.07) is 1.73. The number of amides is 1. The minimum Gasteiger partial charge on any atom is -0.378 e. The molecule has 1 aromatic rings. The Morgan fingerprint density at radius 1 is 1.65 bits per heavy atom. The molecule has 110 valence electrons. The van der Waals surface area contributed by atoms with Crippen molar-refractivity contribution in [2.45, 2.75) is 12.0 Å². The van der Waals surface area contributed by atoms with Crippen molar-refractivity contribution in [3.05, 3.63) is 22.3 Å². The number of rotatable bonds is 5. The Balaban J connectivity index is 2.06. The topological polar surface area (TPSA) is 72.5 Å². The fraction of sp³-hybridized carbons (Fsp3) is 0.538. The Labute approximate surface area is 126 Å². The van der Waals surface area contributed by atoms with Gasteiger partial charge in [0.15, 0.2) is 0 Å². The number of aromatic nitrogens is 1. The Hall–Kier alpha value is -1.18. The predicted molar refractivity (Wildman–Crippen MR) is 79.0 cm³/mol. The van der Waals surface area contributed by atoms with Crippen LogP contribution in [0.3, 0.4) is 0 Å². The van der Waals surface area contributed by atoms with Crippen molar-refractivity contribution in [2.24, 2.45) is 0 Å². The van der Waals surface area contributed by atoms with Crippen LogP contribution in [0.4, 0.5) is 5.82 Å². The van der Waals surface area contributed by atoms with Gasteiger partial charge in [-0.3, -0.25) is 4.79 Å². The van der Waals surface area contributed by atoms with Crippen LogP contribution in [-0.2, 0) is 9.47 Å². The molecule has 1 fully saturated rings. The number of nitrogens with one attached hydrogen (secondary N) is 2. The van der Waals surface area contributed by atoms with Crippen molar-refractivity contribution in [1.29, 1.82) is 0 Å². The van der Waals surface area contributed by atoms with Gasteiger partial charge in [0.25, 0.3) is 5.91 Å². The summed E-state index contributed by atoms with van der Waals surface area (Å²) >= 11 is 3.32. The summed E-state index contributed by atoms with van der Waals surface area (Å²) in [5.41, 5.74) is 0.0709. The number of ether oxygens (including phenoxy) is 2. The van der Waals surface area contributed by atoms with Crippen LogP contribution in [0, 0.1) is 0 Å². The number of pyridine rings is 1. The van der Waals surface area contributed by atoms with Crippen molar-refractivity contribution < 1.29 is 14.3 Å². The molecule has 7 heteroatoms. The molecule has 1 atom stereocenters. The molecule has 0 aliphatic carbocycles. The number of hydrogen-bond acceptors (Lipinski definition) is 5. The molecule has 0 bridgehead atoms. The largest absolute Gasteiger partial charge is 0.378 e. The van der Waals surface area contributed by atoms with Crippen LogP contribution in [0.15, 0.2) is 16.7 Å². The second kappa shape index (κ2) is 6.51. The SMILES string of the molecule is CNc1ncc(Br)cc1C(=O)NCC1(OC)CCOC1. The molecular weight excluding hydrogens is 326 g/mol. The van der Waals surface area contributed by atoms with Gasteiger partial charge in [0.1, 0.15) is 11.4 Å². The van der Waals surface area contributed by atoms with E-state index in [4.69, 9.17) is 9.47 Å². The van der Waals surface area contributed by atoms with Crippen LogP contribution in [0.2, 0.25) is 0 Å². The summed E-state index contributed by atoms with van der Waals surface area (Å²) in [6.45, 7) is 1.57. The number of nitrogens with zero attached hydrogens (tertiary/aromatic N) is 1. The predicted octanol–water partition coefficient (Wildman–Crippen LogP) is 1.42. The van der Waals surface area contributed by atoms with E-state index in [0.29, 0.717) is 31.1 Å². The molecular formula is C13H18BrN3O3. The third kappa shape index (κ3) is 3.28. The molecule has 1 amide bonds. The fourth-order valence-electron chi connectivity index (χ4n) is 2.11. The second-order valence-corrected chi connectivity index (χ2v) is 5.59. The normalized spacial score (nSPS) is 21.8. The molecule has 6 nitrogen and oxygen atoms in total. The van der Waals surface area contributed by atoms with E-state index in [-0.39, 0.29) is 5.91 Å². The molecule has 0 saturated carbocycles. The maximum Gasteiger partial charge on any atom is 0.255 e. The zero-order valence-corrected chi connectivity index (χ0v) is 13.1. The van der Waals surface area contributed by atoms with Crippen molar-refractivity contribution in [3.8, 4) is 0 Å². The van der Waals surface area contributed by atoms with Crippen molar-refractivity contribution in [3.63, 3.8) is 0 Å². The summed E-state index contributed by atoms with van der Waals surface area (Å²) in [5.74, 6) is 0.353. The molecule has 1 aliphatic heterocycles. The van der Waals surface area contributed by atoms with E-state index in [1.807, 2.05) is 0 Å². The summed E-state index contributed by atoms with van der Waals surface area (Å²) in [7, 11) is 3.37.